The molecule has 0 aliphatic carbocycles. The van der Waals surface area contributed by atoms with E-state index in [0.717, 1.165) is 29.3 Å². The monoisotopic (exact) mass is 331 g/mol. The maximum Gasteiger partial charge on any atom is 0.335 e. The fourth-order valence-corrected chi connectivity index (χ4v) is 2.96. The zero-order valence-corrected chi connectivity index (χ0v) is 14.4. The highest BCUT2D eigenvalue weighted by molar-refractivity contribution is 7.98. The summed E-state index contributed by atoms with van der Waals surface area (Å²) < 4.78 is 5.42. The van der Waals surface area contributed by atoms with Crippen LogP contribution in [0.1, 0.15) is 21.5 Å². The van der Waals surface area contributed by atoms with Crippen LogP contribution in [0.4, 0.5) is 0 Å². The topological polar surface area (TPSA) is 49.8 Å². The van der Waals surface area contributed by atoms with Gasteiger partial charge in [-0.25, -0.2) is 4.79 Å². The van der Waals surface area contributed by atoms with Gasteiger partial charge in [-0.15, -0.1) is 11.8 Å². The molecule has 0 aliphatic rings. The molecule has 0 spiro atoms. The van der Waals surface area contributed by atoms with Crippen molar-refractivity contribution in [1.82, 2.24) is 4.90 Å². The highest BCUT2D eigenvalue weighted by Gasteiger charge is 2.07. The van der Waals surface area contributed by atoms with Gasteiger partial charge in [0.25, 0.3) is 0 Å². The summed E-state index contributed by atoms with van der Waals surface area (Å²) >= 11 is 1.67. The minimum absolute atomic E-state index is 0.314. The highest BCUT2D eigenvalue weighted by Crippen LogP contribution is 2.28. The zero-order chi connectivity index (χ0) is 16.8. The van der Waals surface area contributed by atoms with Gasteiger partial charge >= 0.3 is 5.97 Å². The molecule has 0 unspecified atom stereocenters. The zero-order valence-electron chi connectivity index (χ0n) is 13.6. The van der Waals surface area contributed by atoms with Crippen molar-refractivity contribution in [3.63, 3.8) is 0 Å². The van der Waals surface area contributed by atoms with Crippen molar-refractivity contribution in [2.24, 2.45) is 0 Å². The van der Waals surface area contributed by atoms with Crippen LogP contribution in [0, 0.1) is 0 Å². The van der Waals surface area contributed by atoms with Crippen LogP contribution in [0.25, 0.3) is 0 Å². The number of carboxylic acid groups (broad SMARTS) is 1. The van der Waals surface area contributed by atoms with Gasteiger partial charge < -0.3 is 9.84 Å². The molecule has 0 saturated heterocycles. The Labute approximate surface area is 141 Å². The number of ether oxygens (including phenoxy) is 1. The van der Waals surface area contributed by atoms with Gasteiger partial charge in [-0.05, 0) is 48.7 Å². The molecule has 0 radical (unpaired) electrons. The minimum atomic E-state index is -0.897. The largest absolute Gasteiger partial charge is 0.496 e. The second kappa shape index (κ2) is 8.04. The maximum atomic E-state index is 10.9. The van der Waals surface area contributed by atoms with Crippen molar-refractivity contribution >= 4 is 17.7 Å². The molecular formula is C18H21NO3S. The molecule has 0 atom stereocenters. The van der Waals surface area contributed by atoms with Crippen LogP contribution in [0.3, 0.4) is 0 Å². The molecule has 1 N–H and O–H groups in total. The number of methoxy groups -OCH3 is 1. The Bertz CT molecular complexity index is 670. The fourth-order valence-electron chi connectivity index (χ4n) is 2.41. The van der Waals surface area contributed by atoms with E-state index in [4.69, 9.17) is 9.84 Å². The molecule has 0 aliphatic heterocycles. The normalized spacial score (nSPS) is 10.8. The third-order valence-corrected chi connectivity index (χ3v) is 4.33. The summed E-state index contributed by atoms with van der Waals surface area (Å²) in [5, 5.41) is 8.92. The van der Waals surface area contributed by atoms with Crippen LogP contribution < -0.4 is 4.74 Å². The van der Waals surface area contributed by atoms with E-state index in [1.807, 2.05) is 25.4 Å². The van der Waals surface area contributed by atoms with Crippen LogP contribution in [0.5, 0.6) is 5.75 Å². The van der Waals surface area contributed by atoms with E-state index in [-0.39, 0.29) is 0 Å². The Kier molecular flexibility index (Phi) is 6.07. The lowest BCUT2D eigenvalue weighted by molar-refractivity contribution is 0.0697. The quantitative estimate of drug-likeness (QED) is 0.783. The van der Waals surface area contributed by atoms with E-state index in [1.54, 1.807) is 31.0 Å². The lowest BCUT2D eigenvalue weighted by Crippen LogP contribution is -2.17. The second-order valence-electron chi connectivity index (χ2n) is 5.36. The number of hydrogen-bond acceptors (Lipinski definition) is 4. The number of nitrogens with zero attached hydrogens (tertiary/aromatic N) is 1. The molecule has 2 aromatic carbocycles. The smallest absolute Gasteiger partial charge is 0.335 e. The molecule has 4 nitrogen and oxygen atoms in total. The fraction of sp³-hybridized carbons (Fsp3) is 0.278. The summed E-state index contributed by atoms with van der Waals surface area (Å²) in [5.41, 5.74) is 2.59. The molecule has 23 heavy (non-hydrogen) atoms. The van der Waals surface area contributed by atoms with Gasteiger partial charge in [-0.1, -0.05) is 18.2 Å². The Morgan fingerprint density at radius 2 is 1.74 bits per heavy atom. The van der Waals surface area contributed by atoms with E-state index in [2.05, 4.69) is 23.1 Å². The van der Waals surface area contributed by atoms with E-state index in [1.165, 1.54) is 5.56 Å². The molecule has 122 valence electrons. The third-order valence-electron chi connectivity index (χ3n) is 3.55. The maximum absolute atomic E-state index is 10.9. The Balaban J connectivity index is 2.01. The minimum Gasteiger partial charge on any atom is -0.496 e. The highest BCUT2D eigenvalue weighted by atomic mass is 32.2. The molecule has 5 heteroatoms. The first-order valence-corrected chi connectivity index (χ1v) is 8.47. The van der Waals surface area contributed by atoms with Crippen LogP contribution in [-0.2, 0) is 13.1 Å². The molecule has 0 bridgehead atoms. The van der Waals surface area contributed by atoms with Crippen LogP contribution in [0.2, 0.25) is 0 Å². The lowest BCUT2D eigenvalue weighted by Gasteiger charge is -2.18. The summed E-state index contributed by atoms with van der Waals surface area (Å²) in [4.78, 5) is 14.2. The molecule has 0 aromatic heterocycles. The standard InChI is InChI=1S/C18H21NO3S/c1-19(11-13-4-7-15(8-5-13)18(20)21)12-14-6-9-17(23-3)16(10-14)22-2/h4-10H,11-12H2,1-3H3,(H,20,21). The van der Waals surface area contributed by atoms with Crippen molar-refractivity contribution in [2.75, 3.05) is 20.4 Å². The molecule has 0 heterocycles. The van der Waals surface area contributed by atoms with Crippen LogP contribution in [-0.4, -0.2) is 36.4 Å². The summed E-state index contributed by atoms with van der Waals surface area (Å²) in [6.07, 6.45) is 2.03. The third kappa shape index (κ3) is 4.74. The van der Waals surface area contributed by atoms with Crippen LogP contribution in [0.15, 0.2) is 47.4 Å². The number of carboxylic acids is 1. The first kappa shape index (κ1) is 17.4. The SMILES string of the molecule is COc1cc(CN(C)Cc2ccc(C(=O)O)cc2)ccc1SC. The van der Waals surface area contributed by atoms with Crippen molar-refractivity contribution in [2.45, 2.75) is 18.0 Å². The average molecular weight is 331 g/mol. The Morgan fingerprint density at radius 1 is 1.13 bits per heavy atom. The molecule has 2 aromatic rings. The van der Waals surface area contributed by atoms with Gasteiger partial charge in [0.05, 0.1) is 12.7 Å². The van der Waals surface area contributed by atoms with Crippen molar-refractivity contribution in [1.29, 1.82) is 0 Å². The number of benzene rings is 2. The van der Waals surface area contributed by atoms with Crippen molar-refractivity contribution in [3.05, 3.63) is 59.2 Å². The predicted molar refractivity (Wildman–Crippen MR) is 93.3 cm³/mol. The summed E-state index contributed by atoms with van der Waals surface area (Å²) in [7, 11) is 3.73. The lowest BCUT2D eigenvalue weighted by atomic mass is 10.1. The van der Waals surface area contributed by atoms with Gasteiger partial charge in [-0.3, -0.25) is 4.90 Å². The Hall–Kier alpha value is -1.98. The summed E-state index contributed by atoms with van der Waals surface area (Å²) in [6.45, 7) is 1.55. The van der Waals surface area contributed by atoms with E-state index >= 15 is 0 Å². The number of rotatable bonds is 7. The predicted octanol–water partition coefficient (Wildman–Crippen LogP) is 3.75. The molecule has 2 rings (SSSR count). The van der Waals surface area contributed by atoms with E-state index < -0.39 is 5.97 Å². The number of carbonyl (C=O) groups is 1. The van der Waals surface area contributed by atoms with Crippen LogP contribution >= 0.6 is 11.8 Å². The second-order valence-corrected chi connectivity index (χ2v) is 6.21. The first-order chi connectivity index (χ1) is 11.0. The molecular weight excluding hydrogens is 310 g/mol. The summed E-state index contributed by atoms with van der Waals surface area (Å²) in [6, 6.07) is 13.3. The van der Waals surface area contributed by atoms with E-state index in [0.29, 0.717) is 5.56 Å². The van der Waals surface area contributed by atoms with Gasteiger partial charge in [0.2, 0.25) is 0 Å². The number of thioether (sulfide) groups is 1. The summed E-state index contributed by atoms with van der Waals surface area (Å²) in [5.74, 6) is 0.0000875. The number of aromatic carboxylic acids is 1. The first-order valence-electron chi connectivity index (χ1n) is 7.25. The van der Waals surface area contributed by atoms with Gasteiger partial charge in [0.1, 0.15) is 5.75 Å². The molecule has 0 amide bonds. The Morgan fingerprint density at radius 3 is 2.30 bits per heavy atom. The van der Waals surface area contributed by atoms with Gasteiger partial charge in [-0.2, -0.15) is 0 Å². The van der Waals surface area contributed by atoms with Crippen molar-refractivity contribution in [3.8, 4) is 5.75 Å². The van der Waals surface area contributed by atoms with Gasteiger partial charge in [0.15, 0.2) is 0 Å². The molecule has 0 fully saturated rings. The average Bonchev–Trinajstić information content (AvgIpc) is 2.55. The van der Waals surface area contributed by atoms with Crippen molar-refractivity contribution < 1.29 is 14.6 Å². The number of hydrogen-bond donors (Lipinski definition) is 1. The van der Waals surface area contributed by atoms with E-state index in [9.17, 15) is 4.79 Å². The molecule has 0 saturated carbocycles. The van der Waals surface area contributed by atoms with Gasteiger partial charge in [0, 0.05) is 18.0 Å².